The van der Waals surface area contributed by atoms with Gasteiger partial charge in [0.05, 0.1) is 0 Å². The minimum absolute atomic E-state index is 0.0766. The van der Waals surface area contributed by atoms with E-state index in [1.807, 2.05) is 14.1 Å². The van der Waals surface area contributed by atoms with Gasteiger partial charge >= 0.3 is 0 Å². The first-order valence-corrected chi connectivity index (χ1v) is 12.6. The third-order valence-corrected chi connectivity index (χ3v) is 8.55. The largest absolute Gasteiger partial charge is 0.309 e. The third-order valence-electron chi connectivity index (χ3n) is 6.90. The number of sulfonamides is 1. The predicted molar refractivity (Wildman–Crippen MR) is 115 cm³/mol. The number of fused-ring (bicyclic) bond motifs is 2. The summed E-state index contributed by atoms with van der Waals surface area (Å²) in [6.07, 6.45) is 8.53. The van der Waals surface area contributed by atoms with Gasteiger partial charge < -0.3 is 4.90 Å². The lowest BCUT2D eigenvalue weighted by Gasteiger charge is -2.17. The Kier molecular flexibility index (Phi) is 5.19. The van der Waals surface area contributed by atoms with Gasteiger partial charge in [-0.25, -0.2) is 13.4 Å². The average Bonchev–Trinajstić information content (AvgIpc) is 3.47. The van der Waals surface area contributed by atoms with Crippen molar-refractivity contribution in [2.45, 2.75) is 56.5 Å². The number of aromatic amines is 1. The number of aromatic nitrogens is 3. The molecule has 2 aromatic rings. The minimum Gasteiger partial charge on any atom is -0.309 e. The molecule has 3 aliphatic rings. The second kappa shape index (κ2) is 7.73. The van der Waals surface area contributed by atoms with Crippen LogP contribution in [0, 0.1) is 5.92 Å². The Balaban J connectivity index is 1.37. The number of benzene rings is 1. The smallest absolute Gasteiger partial charge is 0.282 e. The van der Waals surface area contributed by atoms with E-state index in [1.165, 1.54) is 40.7 Å². The highest BCUT2D eigenvalue weighted by molar-refractivity contribution is 7.89. The van der Waals surface area contributed by atoms with E-state index in [2.05, 4.69) is 26.1 Å². The van der Waals surface area contributed by atoms with Crippen molar-refractivity contribution in [1.29, 1.82) is 0 Å². The predicted octanol–water partition coefficient (Wildman–Crippen LogP) is 1.95. The van der Waals surface area contributed by atoms with Crippen molar-refractivity contribution in [3.8, 4) is 0 Å². The van der Waals surface area contributed by atoms with Gasteiger partial charge in [0, 0.05) is 26.1 Å². The molecule has 1 aromatic carbocycles. The van der Waals surface area contributed by atoms with E-state index >= 15 is 0 Å². The van der Waals surface area contributed by atoms with Crippen molar-refractivity contribution in [2.24, 2.45) is 5.92 Å². The van der Waals surface area contributed by atoms with Crippen LogP contribution in [0.15, 0.2) is 11.2 Å². The Morgan fingerprint density at radius 1 is 1.13 bits per heavy atom. The molecule has 2 aliphatic carbocycles. The third kappa shape index (κ3) is 3.59. The molecule has 1 aliphatic heterocycles. The van der Waals surface area contributed by atoms with Gasteiger partial charge in [-0.05, 0) is 92.8 Å². The maximum Gasteiger partial charge on any atom is 0.282 e. The van der Waals surface area contributed by atoms with Crippen molar-refractivity contribution >= 4 is 10.0 Å². The summed E-state index contributed by atoms with van der Waals surface area (Å²) >= 11 is 0. The Morgan fingerprint density at radius 2 is 1.83 bits per heavy atom. The summed E-state index contributed by atoms with van der Waals surface area (Å²) < 4.78 is 27.7. The molecular weight excluding hydrogens is 398 g/mol. The minimum atomic E-state index is -3.64. The standard InChI is InChI=1S/C22H31N5O2S/c1-26(2)13-15-9-10-27(14-15)30(28,29)22-23-21(24-25-22)12-20-18-7-3-5-16(18)11-17-6-4-8-19(17)20/h11,15H,3-10,12-14H2,1-2H3,(H,23,24,25). The molecule has 0 saturated carbocycles. The first-order valence-electron chi connectivity index (χ1n) is 11.1. The molecule has 8 heteroatoms. The van der Waals surface area contributed by atoms with Crippen molar-refractivity contribution < 1.29 is 8.42 Å². The van der Waals surface area contributed by atoms with Crippen LogP contribution in [0.1, 0.15) is 52.9 Å². The van der Waals surface area contributed by atoms with Crippen molar-refractivity contribution in [1.82, 2.24) is 24.4 Å². The summed E-state index contributed by atoms with van der Waals surface area (Å²) in [5, 5.41) is 6.98. The van der Waals surface area contributed by atoms with E-state index in [1.54, 1.807) is 4.31 Å². The normalized spacial score (nSPS) is 21.5. The summed E-state index contributed by atoms with van der Waals surface area (Å²) in [5.41, 5.74) is 7.30. The molecule has 1 saturated heterocycles. The molecule has 30 heavy (non-hydrogen) atoms. The van der Waals surface area contributed by atoms with E-state index < -0.39 is 10.0 Å². The van der Waals surface area contributed by atoms with Crippen LogP contribution in [0.2, 0.25) is 0 Å². The van der Waals surface area contributed by atoms with E-state index in [-0.39, 0.29) is 5.16 Å². The zero-order chi connectivity index (χ0) is 20.9. The van der Waals surface area contributed by atoms with E-state index in [0.29, 0.717) is 31.3 Å². The molecule has 162 valence electrons. The lowest BCUT2D eigenvalue weighted by molar-refractivity contribution is 0.329. The molecule has 1 aromatic heterocycles. The van der Waals surface area contributed by atoms with Gasteiger partial charge in [-0.3, -0.25) is 5.10 Å². The maximum absolute atomic E-state index is 13.1. The van der Waals surface area contributed by atoms with Crippen LogP contribution >= 0.6 is 0 Å². The fourth-order valence-corrected chi connectivity index (χ4v) is 6.95. The van der Waals surface area contributed by atoms with Gasteiger partial charge in [0.25, 0.3) is 15.2 Å². The van der Waals surface area contributed by atoms with Gasteiger partial charge in [0.1, 0.15) is 5.82 Å². The van der Waals surface area contributed by atoms with Crippen LogP contribution in [-0.4, -0.2) is 66.5 Å². The quantitative estimate of drug-likeness (QED) is 0.759. The van der Waals surface area contributed by atoms with E-state index in [4.69, 9.17) is 0 Å². The molecule has 1 unspecified atom stereocenters. The lowest BCUT2D eigenvalue weighted by Crippen LogP contribution is -2.31. The van der Waals surface area contributed by atoms with Crippen LogP contribution in [0.25, 0.3) is 0 Å². The number of hydrogen-bond donors (Lipinski definition) is 1. The highest BCUT2D eigenvalue weighted by Gasteiger charge is 2.35. The SMILES string of the molecule is CN(C)CC1CCN(S(=O)(=O)c2n[nH]c(Cc3c4c(cc5c3CCC5)CCC4)n2)C1. The van der Waals surface area contributed by atoms with Crippen molar-refractivity contribution in [3.63, 3.8) is 0 Å². The summed E-state index contributed by atoms with van der Waals surface area (Å²) in [4.78, 5) is 6.57. The van der Waals surface area contributed by atoms with Gasteiger partial charge in [-0.15, -0.1) is 5.10 Å². The first kappa shape index (κ1) is 20.2. The molecule has 0 radical (unpaired) electrons. The highest BCUT2D eigenvalue weighted by atomic mass is 32.2. The summed E-state index contributed by atoms with van der Waals surface area (Å²) in [6.45, 7) is 1.99. The molecule has 0 bridgehead atoms. The number of rotatable bonds is 6. The molecule has 5 rings (SSSR count). The average molecular weight is 430 g/mol. The topological polar surface area (TPSA) is 82.2 Å². The number of nitrogens with zero attached hydrogens (tertiary/aromatic N) is 4. The monoisotopic (exact) mass is 429 g/mol. The summed E-state index contributed by atoms with van der Waals surface area (Å²) in [7, 11) is 0.407. The molecule has 1 N–H and O–H groups in total. The van der Waals surface area contributed by atoms with Gasteiger partial charge in [0.15, 0.2) is 0 Å². The Hall–Kier alpha value is -1.77. The van der Waals surface area contributed by atoms with Gasteiger partial charge in [-0.1, -0.05) is 6.07 Å². The molecule has 1 fully saturated rings. The Morgan fingerprint density at radius 3 is 2.50 bits per heavy atom. The molecule has 1 atom stereocenters. The molecule has 0 amide bonds. The van der Waals surface area contributed by atoms with Crippen molar-refractivity contribution in [3.05, 3.63) is 39.7 Å². The first-order chi connectivity index (χ1) is 14.4. The molecule has 2 heterocycles. The van der Waals surface area contributed by atoms with Crippen LogP contribution < -0.4 is 0 Å². The van der Waals surface area contributed by atoms with Gasteiger partial charge in [-0.2, -0.15) is 4.31 Å². The second-order valence-electron chi connectivity index (χ2n) is 9.36. The van der Waals surface area contributed by atoms with E-state index in [9.17, 15) is 8.42 Å². The Bertz CT molecular complexity index is 1030. The van der Waals surface area contributed by atoms with Crippen LogP contribution in [0.4, 0.5) is 0 Å². The zero-order valence-corrected chi connectivity index (χ0v) is 18.8. The van der Waals surface area contributed by atoms with Crippen molar-refractivity contribution in [2.75, 3.05) is 33.7 Å². The van der Waals surface area contributed by atoms with Crippen LogP contribution in [-0.2, 0) is 42.1 Å². The maximum atomic E-state index is 13.1. The fourth-order valence-electron chi connectivity index (χ4n) is 5.58. The summed E-state index contributed by atoms with van der Waals surface area (Å²) in [6, 6.07) is 2.42. The number of nitrogens with one attached hydrogen (secondary N) is 1. The molecule has 0 spiro atoms. The number of hydrogen-bond acceptors (Lipinski definition) is 5. The summed E-state index contributed by atoms with van der Waals surface area (Å²) in [5.74, 6) is 1.02. The molecule has 7 nitrogen and oxygen atoms in total. The fraction of sp³-hybridized carbons (Fsp3) is 0.636. The number of aryl methyl sites for hydroxylation is 2. The molecular formula is C22H31N5O2S. The highest BCUT2D eigenvalue weighted by Crippen LogP contribution is 2.36. The van der Waals surface area contributed by atoms with E-state index in [0.717, 1.165) is 38.6 Å². The Labute approximate surface area is 178 Å². The van der Waals surface area contributed by atoms with Crippen LogP contribution in [0.5, 0.6) is 0 Å². The number of H-pyrrole nitrogens is 1. The zero-order valence-electron chi connectivity index (χ0n) is 17.9. The lowest BCUT2D eigenvalue weighted by atomic mass is 9.92. The second-order valence-corrected chi connectivity index (χ2v) is 11.2. The van der Waals surface area contributed by atoms with Gasteiger partial charge in [0.2, 0.25) is 0 Å². The van der Waals surface area contributed by atoms with Crippen LogP contribution in [0.3, 0.4) is 0 Å².